The van der Waals surface area contributed by atoms with Gasteiger partial charge in [-0.05, 0) is 19.3 Å². The Morgan fingerprint density at radius 2 is 2.17 bits per heavy atom. The lowest BCUT2D eigenvalue weighted by molar-refractivity contribution is -0.122. The summed E-state index contributed by atoms with van der Waals surface area (Å²) in [7, 11) is 0. The van der Waals surface area contributed by atoms with Crippen molar-refractivity contribution in [2.45, 2.75) is 32.2 Å². The van der Waals surface area contributed by atoms with Gasteiger partial charge in [-0.25, -0.2) is 4.79 Å². The van der Waals surface area contributed by atoms with Crippen LogP contribution in [0.1, 0.15) is 26.2 Å². The van der Waals surface area contributed by atoms with Crippen molar-refractivity contribution in [1.29, 1.82) is 0 Å². The van der Waals surface area contributed by atoms with Crippen LogP contribution < -0.4 is 5.32 Å². The lowest BCUT2D eigenvalue weighted by Crippen LogP contribution is -2.40. The van der Waals surface area contributed by atoms with E-state index in [1.807, 2.05) is 0 Å². The normalized spacial score (nSPS) is 18.4. The summed E-state index contributed by atoms with van der Waals surface area (Å²) in [4.78, 5) is 21.6. The summed E-state index contributed by atoms with van der Waals surface area (Å²) >= 11 is 0. The molecular formula is C8H13NO3. The number of hydrogen-bond acceptors (Lipinski definition) is 2. The fraction of sp³-hybridized carbons (Fsp3) is 0.750. The highest BCUT2D eigenvalue weighted by Gasteiger charge is 2.34. The van der Waals surface area contributed by atoms with E-state index in [0.29, 0.717) is 6.42 Å². The van der Waals surface area contributed by atoms with Gasteiger partial charge in [-0.3, -0.25) is 4.79 Å². The molecule has 0 radical (unpaired) electrons. The molecule has 1 fully saturated rings. The number of carboxylic acid groups (broad SMARTS) is 1. The Morgan fingerprint density at radius 3 is 2.50 bits per heavy atom. The number of ketones is 1. The molecule has 0 spiro atoms. The molecule has 2 N–H and O–H groups in total. The van der Waals surface area contributed by atoms with Gasteiger partial charge in [0.1, 0.15) is 0 Å². The van der Waals surface area contributed by atoms with Gasteiger partial charge in [0.05, 0.1) is 6.04 Å². The summed E-state index contributed by atoms with van der Waals surface area (Å²) in [6.45, 7) is 1.81. The van der Waals surface area contributed by atoms with E-state index >= 15 is 0 Å². The molecule has 1 amide bonds. The molecule has 1 aliphatic carbocycles. The van der Waals surface area contributed by atoms with E-state index in [0.717, 1.165) is 12.8 Å². The number of hydrogen-bond donors (Lipinski definition) is 2. The second-order valence-corrected chi connectivity index (χ2v) is 3.09. The van der Waals surface area contributed by atoms with Crippen molar-refractivity contribution >= 4 is 11.9 Å². The summed E-state index contributed by atoms with van der Waals surface area (Å²) in [5.74, 6) is 0.182. The zero-order valence-electron chi connectivity index (χ0n) is 7.04. The van der Waals surface area contributed by atoms with Gasteiger partial charge in [0.15, 0.2) is 5.78 Å². The molecule has 0 aromatic heterocycles. The molecule has 0 aromatic rings. The standard InChI is InChI=1S/C8H13NO3/c1-2-6(9-8(11)12)7(10)5-3-4-5/h5-6,9H,2-4H2,1H3,(H,11,12). The molecule has 0 aliphatic heterocycles. The highest BCUT2D eigenvalue weighted by molar-refractivity contribution is 5.90. The zero-order valence-corrected chi connectivity index (χ0v) is 7.04. The van der Waals surface area contributed by atoms with Crippen LogP contribution >= 0.6 is 0 Å². The maximum absolute atomic E-state index is 11.3. The van der Waals surface area contributed by atoms with Gasteiger partial charge >= 0.3 is 6.09 Å². The first-order valence-corrected chi connectivity index (χ1v) is 4.18. The quantitative estimate of drug-likeness (QED) is 0.663. The highest BCUT2D eigenvalue weighted by atomic mass is 16.4. The Kier molecular flexibility index (Phi) is 2.68. The molecule has 0 heterocycles. The smallest absolute Gasteiger partial charge is 0.405 e. The highest BCUT2D eigenvalue weighted by Crippen LogP contribution is 2.31. The van der Waals surface area contributed by atoms with E-state index in [1.54, 1.807) is 6.92 Å². The molecule has 1 saturated carbocycles. The average molecular weight is 171 g/mol. The summed E-state index contributed by atoms with van der Waals surface area (Å²) in [5.41, 5.74) is 0. The van der Waals surface area contributed by atoms with Crippen molar-refractivity contribution in [2.24, 2.45) is 5.92 Å². The number of carbonyl (C=O) groups excluding carboxylic acids is 1. The molecule has 1 rings (SSSR count). The summed E-state index contributed by atoms with van der Waals surface area (Å²) in [5, 5.41) is 10.6. The van der Waals surface area contributed by atoms with Crippen LogP contribution in [0.25, 0.3) is 0 Å². The number of carbonyl (C=O) groups is 2. The maximum Gasteiger partial charge on any atom is 0.405 e. The number of rotatable bonds is 4. The van der Waals surface area contributed by atoms with Gasteiger partial charge in [0, 0.05) is 5.92 Å². The van der Waals surface area contributed by atoms with E-state index in [4.69, 9.17) is 5.11 Å². The van der Waals surface area contributed by atoms with Gasteiger partial charge < -0.3 is 10.4 Å². The largest absolute Gasteiger partial charge is 0.465 e. The average Bonchev–Trinajstić information content (AvgIpc) is 2.80. The number of nitrogens with one attached hydrogen (secondary N) is 1. The van der Waals surface area contributed by atoms with Crippen LogP contribution in [0.4, 0.5) is 4.79 Å². The SMILES string of the molecule is CCC(NC(=O)O)C(=O)C1CC1. The Morgan fingerprint density at radius 1 is 1.58 bits per heavy atom. The van der Waals surface area contributed by atoms with Gasteiger partial charge in [-0.15, -0.1) is 0 Å². The molecule has 0 saturated heterocycles. The first kappa shape index (κ1) is 9.03. The van der Waals surface area contributed by atoms with Crippen LogP contribution in [0.3, 0.4) is 0 Å². The maximum atomic E-state index is 11.3. The lowest BCUT2D eigenvalue weighted by Gasteiger charge is -2.12. The molecule has 0 aromatic carbocycles. The van der Waals surface area contributed by atoms with Gasteiger partial charge in [0.2, 0.25) is 0 Å². The fourth-order valence-electron chi connectivity index (χ4n) is 1.18. The van der Waals surface area contributed by atoms with Crippen LogP contribution in [0.15, 0.2) is 0 Å². The van der Waals surface area contributed by atoms with Crippen molar-refractivity contribution < 1.29 is 14.7 Å². The molecule has 0 bridgehead atoms. The van der Waals surface area contributed by atoms with Crippen LogP contribution in [0.2, 0.25) is 0 Å². The first-order valence-electron chi connectivity index (χ1n) is 4.18. The van der Waals surface area contributed by atoms with E-state index < -0.39 is 12.1 Å². The van der Waals surface area contributed by atoms with E-state index in [1.165, 1.54) is 0 Å². The molecule has 12 heavy (non-hydrogen) atoms. The van der Waals surface area contributed by atoms with Crippen molar-refractivity contribution in [3.63, 3.8) is 0 Å². The van der Waals surface area contributed by atoms with Crippen LogP contribution in [0.5, 0.6) is 0 Å². The molecule has 4 heteroatoms. The van der Waals surface area contributed by atoms with E-state index in [2.05, 4.69) is 5.32 Å². The third-order valence-corrected chi connectivity index (χ3v) is 2.03. The molecule has 1 atom stereocenters. The molecule has 4 nitrogen and oxygen atoms in total. The van der Waals surface area contributed by atoms with Crippen molar-refractivity contribution in [3.05, 3.63) is 0 Å². The molecule has 68 valence electrons. The fourth-order valence-corrected chi connectivity index (χ4v) is 1.18. The molecule has 1 unspecified atom stereocenters. The first-order chi connectivity index (χ1) is 5.65. The Bertz CT molecular complexity index is 198. The van der Waals surface area contributed by atoms with Crippen LogP contribution in [0, 0.1) is 5.92 Å². The Balaban J connectivity index is 2.42. The summed E-state index contributed by atoms with van der Waals surface area (Å²) in [6.07, 6.45) is 1.28. The van der Waals surface area contributed by atoms with Crippen molar-refractivity contribution in [3.8, 4) is 0 Å². The van der Waals surface area contributed by atoms with Gasteiger partial charge in [-0.2, -0.15) is 0 Å². The molecule has 1 aliphatic rings. The zero-order chi connectivity index (χ0) is 9.14. The van der Waals surface area contributed by atoms with Crippen molar-refractivity contribution in [1.82, 2.24) is 5.32 Å². The third-order valence-electron chi connectivity index (χ3n) is 2.03. The summed E-state index contributed by atoms with van der Waals surface area (Å²) < 4.78 is 0. The minimum absolute atomic E-state index is 0.0555. The lowest BCUT2D eigenvalue weighted by atomic mass is 10.1. The van der Waals surface area contributed by atoms with Gasteiger partial charge in [0.25, 0.3) is 0 Å². The third kappa shape index (κ3) is 2.22. The van der Waals surface area contributed by atoms with Crippen LogP contribution in [-0.4, -0.2) is 23.0 Å². The Labute approximate surface area is 71.0 Å². The number of Topliss-reactive ketones (excluding diaryl/α,β-unsaturated/α-hetero) is 1. The second kappa shape index (κ2) is 3.56. The summed E-state index contributed by atoms with van der Waals surface area (Å²) in [6, 6.07) is -0.491. The minimum Gasteiger partial charge on any atom is -0.465 e. The predicted octanol–water partition coefficient (Wildman–Crippen LogP) is 1.01. The van der Waals surface area contributed by atoms with E-state index in [9.17, 15) is 9.59 Å². The number of amides is 1. The van der Waals surface area contributed by atoms with Crippen LogP contribution in [-0.2, 0) is 4.79 Å². The minimum atomic E-state index is -1.11. The van der Waals surface area contributed by atoms with E-state index in [-0.39, 0.29) is 11.7 Å². The second-order valence-electron chi connectivity index (χ2n) is 3.09. The predicted molar refractivity (Wildman–Crippen MR) is 43.0 cm³/mol. The Hall–Kier alpha value is -1.06. The monoisotopic (exact) mass is 171 g/mol. The van der Waals surface area contributed by atoms with Gasteiger partial charge in [-0.1, -0.05) is 6.92 Å². The topological polar surface area (TPSA) is 66.4 Å². The van der Waals surface area contributed by atoms with Crippen molar-refractivity contribution in [2.75, 3.05) is 0 Å². The molecular weight excluding hydrogens is 158 g/mol.